The third-order valence-electron chi connectivity index (χ3n) is 4.13. The highest BCUT2D eigenvalue weighted by Gasteiger charge is 2.45. The molecule has 0 radical (unpaired) electrons. The Morgan fingerprint density at radius 3 is 2.62 bits per heavy atom. The maximum absolute atomic E-state index is 11.6. The largest absolute Gasteiger partial charge is 0.357 e. The molecule has 2 rings (SSSR count). The van der Waals surface area contributed by atoms with E-state index in [0.29, 0.717) is 6.54 Å². The molecule has 0 aromatic carbocycles. The van der Waals surface area contributed by atoms with E-state index in [4.69, 9.17) is 0 Å². The highest BCUT2D eigenvalue weighted by Crippen LogP contribution is 2.46. The van der Waals surface area contributed by atoms with Crippen LogP contribution < -0.4 is 10.6 Å². The lowest BCUT2D eigenvalue weighted by atomic mass is 10.1. The molecule has 1 aliphatic rings. The van der Waals surface area contributed by atoms with Crippen molar-refractivity contribution in [2.45, 2.75) is 46.1 Å². The number of aliphatic imine (C=N–C) groups is 1. The van der Waals surface area contributed by atoms with Gasteiger partial charge in [0, 0.05) is 47.0 Å². The van der Waals surface area contributed by atoms with E-state index < -0.39 is 9.84 Å². The molecule has 1 aromatic rings. The Labute approximate surface area is 149 Å². The summed E-state index contributed by atoms with van der Waals surface area (Å²) in [6, 6.07) is 4.59. The third kappa shape index (κ3) is 6.43. The van der Waals surface area contributed by atoms with Gasteiger partial charge in [0.25, 0.3) is 0 Å². The van der Waals surface area contributed by atoms with Crippen LogP contribution in [-0.4, -0.2) is 45.5 Å². The number of sulfone groups is 1. The second-order valence-electron chi connectivity index (χ2n) is 7.03. The summed E-state index contributed by atoms with van der Waals surface area (Å²) >= 11 is 1.82. The number of hydrogen-bond donors (Lipinski definition) is 2. The molecule has 1 fully saturated rings. The van der Waals surface area contributed by atoms with Gasteiger partial charge >= 0.3 is 0 Å². The molecule has 0 saturated heterocycles. The van der Waals surface area contributed by atoms with E-state index in [0.717, 1.165) is 31.8 Å². The Morgan fingerprint density at radius 2 is 2.12 bits per heavy atom. The molecule has 0 amide bonds. The highest BCUT2D eigenvalue weighted by molar-refractivity contribution is 7.90. The van der Waals surface area contributed by atoms with Crippen molar-refractivity contribution in [2.24, 2.45) is 10.4 Å². The number of guanidine groups is 1. The zero-order valence-corrected chi connectivity index (χ0v) is 16.7. The molecule has 1 atom stereocenters. The van der Waals surface area contributed by atoms with Gasteiger partial charge in [-0.2, -0.15) is 0 Å². The van der Waals surface area contributed by atoms with E-state index in [1.165, 1.54) is 16.0 Å². The van der Waals surface area contributed by atoms with Gasteiger partial charge in [-0.1, -0.05) is 0 Å². The van der Waals surface area contributed by atoms with Crippen LogP contribution >= 0.6 is 11.3 Å². The third-order valence-corrected chi connectivity index (χ3v) is 6.29. The molecular weight excluding hydrogens is 342 g/mol. The van der Waals surface area contributed by atoms with Crippen LogP contribution in [-0.2, 0) is 16.3 Å². The summed E-state index contributed by atoms with van der Waals surface area (Å²) in [7, 11) is -2.95. The SMILES string of the molecule is CCNC(=NCC1(CS(C)(=O)=O)CC1)NC(C)Cc1ccc(C)s1. The molecule has 0 bridgehead atoms. The fourth-order valence-corrected chi connectivity index (χ4v) is 5.34. The summed E-state index contributed by atoms with van der Waals surface area (Å²) in [4.78, 5) is 7.34. The molecular formula is C17H29N3O2S2. The van der Waals surface area contributed by atoms with Crippen LogP contribution in [0.25, 0.3) is 0 Å². The van der Waals surface area contributed by atoms with Crippen LogP contribution in [0.5, 0.6) is 0 Å². The smallest absolute Gasteiger partial charge is 0.191 e. The first kappa shape index (κ1) is 19.2. The Kier molecular flexibility index (Phi) is 6.31. The first-order valence-corrected chi connectivity index (χ1v) is 11.4. The monoisotopic (exact) mass is 371 g/mol. The van der Waals surface area contributed by atoms with Crippen LogP contribution in [0.15, 0.2) is 17.1 Å². The molecule has 1 aromatic heterocycles. The molecule has 1 aliphatic carbocycles. The topological polar surface area (TPSA) is 70.6 Å². The van der Waals surface area contributed by atoms with Crippen molar-refractivity contribution in [3.05, 3.63) is 21.9 Å². The van der Waals surface area contributed by atoms with Crippen LogP contribution in [0.3, 0.4) is 0 Å². The molecule has 2 N–H and O–H groups in total. The number of rotatable bonds is 8. The summed E-state index contributed by atoms with van der Waals surface area (Å²) in [5, 5.41) is 6.70. The number of aryl methyl sites for hydroxylation is 1. The van der Waals surface area contributed by atoms with Crippen molar-refractivity contribution in [3.63, 3.8) is 0 Å². The highest BCUT2D eigenvalue weighted by atomic mass is 32.2. The van der Waals surface area contributed by atoms with E-state index in [1.54, 1.807) is 0 Å². The lowest BCUT2D eigenvalue weighted by molar-refractivity contribution is 0.548. The molecule has 1 unspecified atom stereocenters. The van der Waals surface area contributed by atoms with Crippen LogP contribution in [0.4, 0.5) is 0 Å². The van der Waals surface area contributed by atoms with Crippen molar-refractivity contribution in [1.29, 1.82) is 0 Å². The molecule has 5 nitrogen and oxygen atoms in total. The Morgan fingerprint density at radius 1 is 1.42 bits per heavy atom. The number of thiophene rings is 1. The quantitative estimate of drug-likeness (QED) is 0.544. The molecule has 24 heavy (non-hydrogen) atoms. The van der Waals surface area contributed by atoms with Gasteiger partial charge < -0.3 is 10.6 Å². The van der Waals surface area contributed by atoms with Gasteiger partial charge in [0.15, 0.2) is 5.96 Å². The van der Waals surface area contributed by atoms with Crippen LogP contribution in [0.1, 0.15) is 36.4 Å². The zero-order valence-electron chi connectivity index (χ0n) is 15.1. The molecule has 1 saturated carbocycles. The Bertz CT molecular complexity index is 676. The average Bonchev–Trinajstić information content (AvgIpc) is 3.08. The second-order valence-corrected chi connectivity index (χ2v) is 10.5. The van der Waals surface area contributed by atoms with Gasteiger partial charge in [-0.25, -0.2) is 8.42 Å². The van der Waals surface area contributed by atoms with E-state index in [2.05, 4.69) is 41.6 Å². The van der Waals surface area contributed by atoms with E-state index >= 15 is 0 Å². The van der Waals surface area contributed by atoms with Crippen molar-refractivity contribution in [3.8, 4) is 0 Å². The van der Waals surface area contributed by atoms with Crippen molar-refractivity contribution in [2.75, 3.05) is 25.1 Å². The van der Waals surface area contributed by atoms with Crippen molar-refractivity contribution in [1.82, 2.24) is 10.6 Å². The maximum atomic E-state index is 11.6. The Balaban J connectivity index is 1.93. The molecule has 7 heteroatoms. The molecule has 136 valence electrons. The molecule has 0 spiro atoms. The van der Waals surface area contributed by atoms with Gasteiger partial charge in [-0.15, -0.1) is 11.3 Å². The summed E-state index contributed by atoms with van der Waals surface area (Å²) in [6.07, 6.45) is 4.17. The minimum Gasteiger partial charge on any atom is -0.357 e. The first-order chi connectivity index (χ1) is 11.2. The fourth-order valence-electron chi connectivity index (χ4n) is 2.83. The van der Waals surface area contributed by atoms with Crippen LogP contribution in [0.2, 0.25) is 0 Å². The second kappa shape index (κ2) is 7.87. The average molecular weight is 372 g/mol. The minimum atomic E-state index is -2.95. The van der Waals surface area contributed by atoms with Gasteiger partial charge in [-0.05, 0) is 45.7 Å². The molecule has 0 aliphatic heterocycles. The summed E-state index contributed by atoms with van der Waals surface area (Å²) in [5.74, 6) is 1.02. The summed E-state index contributed by atoms with van der Waals surface area (Å²) in [6.45, 7) is 7.66. The number of nitrogens with zero attached hydrogens (tertiary/aromatic N) is 1. The summed E-state index contributed by atoms with van der Waals surface area (Å²) < 4.78 is 23.1. The number of nitrogens with one attached hydrogen (secondary N) is 2. The first-order valence-electron chi connectivity index (χ1n) is 8.49. The van der Waals surface area contributed by atoms with E-state index in [1.807, 2.05) is 18.3 Å². The Hall–Kier alpha value is -1.08. The van der Waals surface area contributed by atoms with Gasteiger partial charge in [0.05, 0.1) is 5.75 Å². The standard InChI is InChI=1S/C17H29N3O2S2/c1-5-18-16(19-11-17(8-9-17)12-24(4,21)22)20-13(2)10-15-7-6-14(3)23-15/h6-7,13H,5,8-12H2,1-4H3,(H2,18,19,20). The van der Waals surface area contributed by atoms with E-state index in [-0.39, 0.29) is 17.2 Å². The zero-order chi connectivity index (χ0) is 17.8. The normalized spacial score (nSPS) is 18.2. The lowest BCUT2D eigenvalue weighted by Gasteiger charge is -2.18. The van der Waals surface area contributed by atoms with Gasteiger partial charge in [0.2, 0.25) is 0 Å². The number of hydrogen-bond acceptors (Lipinski definition) is 4. The van der Waals surface area contributed by atoms with Crippen LogP contribution in [0, 0.1) is 12.3 Å². The minimum absolute atomic E-state index is 0.135. The summed E-state index contributed by atoms with van der Waals surface area (Å²) in [5.41, 5.74) is -0.135. The fraction of sp³-hybridized carbons (Fsp3) is 0.706. The predicted molar refractivity (Wildman–Crippen MR) is 103 cm³/mol. The lowest BCUT2D eigenvalue weighted by Crippen LogP contribution is -2.43. The van der Waals surface area contributed by atoms with Crippen molar-refractivity contribution >= 4 is 27.1 Å². The maximum Gasteiger partial charge on any atom is 0.191 e. The van der Waals surface area contributed by atoms with Crippen molar-refractivity contribution < 1.29 is 8.42 Å². The molecule has 1 heterocycles. The van der Waals surface area contributed by atoms with Gasteiger partial charge in [-0.3, -0.25) is 4.99 Å². The van der Waals surface area contributed by atoms with E-state index in [9.17, 15) is 8.42 Å². The van der Waals surface area contributed by atoms with Gasteiger partial charge in [0.1, 0.15) is 9.84 Å². The predicted octanol–water partition coefficient (Wildman–Crippen LogP) is 2.37.